The van der Waals surface area contributed by atoms with Crippen LogP contribution in [-0.4, -0.2) is 6.54 Å². The Morgan fingerprint density at radius 2 is 1.87 bits per heavy atom. The molecule has 84 valence electrons. The summed E-state index contributed by atoms with van der Waals surface area (Å²) in [7, 11) is 0. The van der Waals surface area contributed by atoms with E-state index in [2.05, 4.69) is 26.1 Å². The Balaban J connectivity index is 2.62. The van der Waals surface area contributed by atoms with Crippen LogP contribution in [0.25, 0.3) is 0 Å². The van der Waals surface area contributed by atoms with E-state index in [-0.39, 0.29) is 17.3 Å². The van der Waals surface area contributed by atoms with Crippen LogP contribution in [-0.2, 0) is 0 Å². The number of benzene rings is 1. The van der Waals surface area contributed by atoms with E-state index in [1.807, 2.05) is 19.1 Å². The Bertz CT molecular complexity index is 315. The molecule has 0 amide bonds. The van der Waals surface area contributed by atoms with E-state index in [1.165, 1.54) is 6.07 Å². The molecule has 1 rings (SSSR count). The summed E-state index contributed by atoms with van der Waals surface area (Å²) >= 11 is 0. The zero-order valence-electron chi connectivity index (χ0n) is 9.97. The van der Waals surface area contributed by atoms with E-state index in [0.29, 0.717) is 0 Å². The van der Waals surface area contributed by atoms with Crippen LogP contribution in [0.1, 0.15) is 39.3 Å². The predicted molar refractivity (Wildman–Crippen MR) is 62.3 cm³/mol. The van der Waals surface area contributed by atoms with Gasteiger partial charge in [0.05, 0.1) is 0 Å². The van der Waals surface area contributed by atoms with Crippen LogP contribution in [0.5, 0.6) is 0 Å². The van der Waals surface area contributed by atoms with Crippen molar-refractivity contribution in [1.29, 1.82) is 0 Å². The van der Waals surface area contributed by atoms with Crippen LogP contribution in [0.15, 0.2) is 24.3 Å². The molecule has 0 aliphatic carbocycles. The number of halogens is 1. The summed E-state index contributed by atoms with van der Waals surface area (Å²) in [6.07, 6.45) is 0. The van der Waals surface area contributed by atoms with Crippen molar-refractivity contribution in [3.63, 3.8) is 0 Å². The lowest BCUT2D eigenvalue weighted by atomic mass is 9.96. The van der Waals surface area contributed by atoms with Gasteiger partial charge in [0.15, 0.2) is 0 Å². The van der Waals surface area contributed by atoms with Gasteiger partial charge < -0.3 is 5.32 Å². The normalized spacial score (nSPS) is 13.9. The lowest BCUT2D eigenvalue weighted by molar-refractivity contribution is 0.356. The highest BCUT2D eigenvalue weighted by Gasteiger charge is 2.14. The van der Waals surface area contributed by atoms with Crippen molar-refractivity contribution < 1.29 is 4.39 Å². The molecule has 0 aromatic heterocycles. The third-order valence-corrected chi connectivity index (χ3v) is 2.31. The minimum absolute atomic E-state index is 0.0606. The Labute approximate surface area is 91.7 Å². The molecule has 0 fully saturated rings. The highest BCUT2D eigenvalue weighted by atomic mass is 19.1. The molecule has 2 heteroatoms. The van der Waals surface area contributed by atoms with Crippen LogP contribution < -0.4 is 5.32 Å². The van der Waals surface area contributed by atoms with Gasteiger partial charge >= 0.3 is 0 Å². The Kier molecular flexibility index (Phi) is 3.86. The molecule has 0 bridgehead atoms. The smallest absolute Gasteiger partial charge is 0.127 e. The molecule has 0 saturated heterocycles. The molecular weight excluding hydrogens is 189 g/mol. The van der Waals surface area contributed by atoms with E-state index < -0.39 is 0 Å². The van der Waals surface area contributed by atoms with Crippen molar-refractivity contribution in [1.82, 2.24) is 5.32 Å². The number of hydrogen-bond donors (Lipinski definition) is 1. The molecular formula is C13H20FN. The van der Waals surface area contributed by atoms with E-state index in [1.54, 1.807) is 6.07 Å². The maximum absolute atomic E-state index is 13.4. The van der Waals surface area contributed by atoms with Crippen molar-refractivity contribution in [3.8, 4) is 0 Å². The number of hydrogen-bond acceptors (Lipinski definition) is 1. The molecule has 0 radical (unpaired) electrons. The van der Waals surface area contributed by atoms with Gasteiger partial charge in [0.2, 0.25) is 0 Å². The fourth-order valence-corrected chi connectivity index (χ4v) is 1.40. The first-order valence-electron chi connectivity index (χ1n) is 5.38. The number of rotatable bonds is 3. The van der Waals surface area contributed by atoms with Gasteiger partial charge in [-0.15, -0.1) is 0 Å². The third-order valence-electron chi connectivity index (χ3n) is 2.31. The second-order valence-electron chi connectivity index (χ2n) is 5.18. The van der Waals surface area contributed by atoms with Gasteiger partial charge in [-0.3, -0.25) is 0 Å². The minimum Gasteiger partial charge on any atom is -0.310 e. The summed E-state index contributed by atoms with van der Waals surface area (Å²) in [5.41, 5.74) is 0.959. The molecule has 0 aliphatic heterocycles. The summed E-state index contributed by atoms with van der Waals surface area (Å²) in [6.45, 7) is 9.35. The SMILES string of the molecule is C[C@@H](NCC(C)(C)C)c1ccccc1F. The zero-order valence-corrected chi connectivity index (χ0v) is 9.97. The van der Waals surface area contributed by atoms with Gasteiger partial charge in [0.1, 0.15) is 5.82 Å². The molecule has 1 aromatic carbocycles. The van der Waals surface area contributed by atoms with E-state index >= 15 is 0 Å². The molecule has 0 unspecified atom stereocenters. The minimum atomic E-state index is -0.133. The zero-order chi connectivity index (χ0) is 11.5. The standard InChI is InChI=1S/C13H20FN/c1-10(15-9-13(2,3)4)11-7-5-6-8-12(11)14/h5-8,10,15H,9H2,1-4H3/t10-/m1/s1. The molecule has 1 nitrogen and oxygen atoms in total. The van der Waals surface area contributed by atoms with Crippen molar-refractivity contribution >= 4 is 0 Å². The summed E-state index contributed by atoms with van der Waals surface area (Å²) in [6, 6.07) is 6.98. The predicted octanol–water partition coefficient (Wildman–Crippen LogP) is 3.52. The van der Waals surface area contributed by atoms with Gasteiger partial charge in [-0.2, -0.15) is 0 Å². The lowest BCUT2D eigenvalue weighted by Gasteiger charge is -2.23. The van der Waals surface area contributed by atoms with Gasteiger partial charge in [0.25, 0.3) is 0 Å². The second-order valence-corrected chi connectivity index (χ2v) is 5.18. The van der Waals surface area contributed by atoms with Gasteiger partial charge in [-0.25, -0.2) is 4.39 Å². The highest BCUT2D eigenvalue weighted by molar-refractivity contribution is 5.20. The quantitative estimate of drug-likeness (QED) is 0.803. The van der Waals surface area contributed by atoms with Crippen LogP contribution >= 0.6 is 0 Å². The average Bonchev–Trinajstić information content (AvgIpc) is 2.14. The first-order chi connectivity index (χ1) is 6.90. The van der Waals surface area contributed by atoms with Gasteiger partial charge in [-0.05, 0) is 18.4 Å². The van der Waals surface area contributed by atoms with E-state index in [0.717, 1.165) is 12.1 Å². The fraction of sp³-hybridized carbons (Fsp3) is 0.538. The summed E-state index contributed by atoms with van der Waals surface area (Å²) < 4.78 is 13.4. The monoisotopic (exact) mass is 209 g/mol. The average molecular weight is 209 g/mol. The number of nitrogens with one attached hydrogen (secondary N) is 1. The molecule has 0 aliphatic rings. The highest BCUT2D eigenvalue weighted by Crippen LogP contribution is 2.18. The second kappa shape index (κ2) is 4.75. The first kappa shape index (κ1) is 12.2. The molecule has 1 N–H and O–H groups in total. The topological polar surface area (TPSA) is 12.0 Å². The molecule has 15 heavy (non-hydrogen) atoms. The van der Waals surface area contributed by atoms with Crippen LogP contribution in [0, 0.1) is 11.2 Å². The van der Waals surface area contributed by atoms with E-state index in [9.17, 15) is 4.39 Å². The molecule has 1 aromatic rings. The van der Waals surface area contributed by atoms with Gasteiger partial charge in [0, 0.05) is 18.2 Å². The van der Waals surface area contributed by atoms with E-state index in [4.69, 9.17) is 0 Å². The van der Waals surface area contributed by atoms with Gasteiger partial charge in [-0.1, -0.05) is 39.0 Å². The molecule has 1 atom stereocenters. The summed E-state index contributed by atoms with van der Waals surface area (Å²) in [4.78, 5) is 0. The maximum atomic E-state index is 13.4. The van der Waals surface area contributed by atoms with Crippen molar-refractivity contribution in [3.05, 3.63) is 35.6 Å². The molecule has 0 heterocycles. The molecule has 0 saturated carbocycles. The van der Waals surface area contributed by atoms with Crippen molar-refractivity contribution in [2.75, 3.05) is 6.54 Å². The Morgan fingerprint density at radius 3 is 2.40 bits per heavy atom. The summed E-state index contributed by atoms with van der Waals surface area (Å²) in [5, 5.41) is 3.34. The Morgan fingerprint density at radius 1 is 1.27 bits per heavy atom. The Hall–Kier alpha value is -0.890. The van der Waals surface area contributed by atoms with Crippen LogP contribution in [0.4, 0.5) is 4.39 Å². The molecule has 0 spiro atoms. The maximum Gasteiger partial charge on any atom is 0.127 e. The van der Waals surface area contributed by atoms with Crippen LogP contribution in [0.2, 0.25) is 0 Å². The van der Waals surface area contributed by atoms with Crippen molar-refractivity contribution in [2.24, 2.45) is 5.41 Å². The first-order valence-corrected chi connectivity index (χ1v) is 5.38. The summed E-state index contributed by atoms with van der Waals surface area (Å²) in [5.74, 6) is -0.133. The largest absolute Gasteiger partial charge is 0.310 e. The third kappa shape index (κ3) is 4.00. The van der Waals surface area contributed by atoms with Crippen LogP contribution in [0.3, 0.4) is 0 Å². The van der Waals surface area contributed by atoms with Crippen molar-refractivity contribution in [2.45, 2.75) is 33.7 Å². The fourth-order valence-electron chi connectivity index (χ4n) is 1.40. The lowest BCUT2D eigenvalue weighted by Crippen LogP contribution is -2.29.